The molecule has 0 spiro atoms. The van der Waals surface area contributed by atoms with Gasteiger partial charge in [0.05, 0.1) is 16.0 Å². The number of ketones is 1. The van der Waals surface area contributed by atoms with E-state index in [0.717, 1.165) is 12.8 Å². The molecular weight excluding hydrogens is 447 g/mol. The zero-order chi connectivity index (χ0) is 23.6. The van der Waals surface area contributed by atoms with Crippen molar-refractivity contribution < 1.29 is 18.8 Å². The van der Waals surface area contributed by atoms with Crippen LogP contribution in [0.4, 0.5) is 4.39 Å². The van der Waals surface area contributed by atoms with Gasteiger partial charge in [0.25, 0.3) is 5.91 Å². The maximum Gasteiger partial charge on any atom is 0.269 e. The second kappa shape index (κ2) is 9.31. The second-order valence-electron chi connectivity index (χ2n) is 8.49. The van der Waals surface area contributed by atoms with E-state index in [9.17, 15) is 18.8 Å². The Hall–Kier alpha value is -3.26. The van der Waals surface area contributed by atoms with Gasteiger partial charge in [0.1, 0.15) is 12.4 Å². The predicted molar refractivity (Wildman–Crippen MR) is 122 cm³/mol. The molecule has 0 saturated heterocycles. The van der Waals surface area contributed by atoms with E-state index in [4.69, 9.17) is 17.3 Å². The lowest BCUT2D eigenvalue weighted by atomic mass is 9.80. The van der Waals surface area contributed by atoms with Crippen molar-refractivity contribution in [1.29, 1.82) is 0 Å². The van der Waals surface area contributed by atoms with Gasteiger partial charge in [0.15, 0.2) is 11.5 Å². The molecule has 1 saturated carbocycles. The van der Waals surface area contributed by atoms with Crippen LogP contribution in [0.15, 0.2) is 42.5 Å². The molecule has 0 aliphatic heterocycles. The summed E-state index contributed by atoms with van der Waals surface area (Å²) in [4.78, 5) is 37.9. The first-order valence-electron chi connectivity index (χ1n) is 10.8. The van der Waals surface area contributed by atoms with Crippen molar-refractivity contribution in [3.05, 3.63) is 64.6 Å². The molecule has 3 aromatic rings. The number of hydrogen-bond donors (Lipinski definition) is 2. The Bertz CT molecular complexity index is 1230. The molecule has 2 amide bonds. The van der Waals surface area contributed by atoms with E-state index >= 15 is 0 Å². The predicted octanol–water partition coefficient (Wildman–Crippen LogP) is 3.76. The van der Waals surface area contributed by atoms with Crippen molar-refractivity contribution >= 4 is 40.1 Å². The Labute approximate surface area is 195 Å². The SMILES string of the molecule is NC(=O)c1nn(CC(=O)CC2(C(=O)NCc3cccc(Cl)c3F)CCCC2)c2ccccc12. The summed E-state index contributed by atoms with van der Waals surface area (Å²) in [7, 11) is 0. The number of hydrogen-bond acceptors (Lipinski definition) is 4. The normalized spacial score (nSPS) is 15.0. The van der Waals surface area contributed by atoms with Crippen LogP contribution in [0.1, 0.15) is 48.2 Å². The number of nitrogens with zero attached hydrogens (tertiary/aromatic N) is 2. The zero-order valence-corrected chi connectivity index (χ0v) is 18.7. The number of benzene rings is 2. The summed E-state index contributed by atoms with van der Waals surface area (Å²) in [5, 5.41) is 7.60. The van der Waals surface area contributed by atoms with Gasteiger partial charge in [-0.2, -0.15) is 5.10 Å². The maximum absolute atomic E-state index is 14.2. The molecule has 172 valence electrons. The third kappa shape index (κ3) is 4.61. The second-order valence-corrected chi connectivity index (χ2v) is 8.89. The van der Waals surface area contributed by atoms with E-state index in [1.807, 2.05) is 0 Å². The molecule has 2 aromatic carbocycles. The topological polar surface area (TPSA) is 107 Å². The van der Waals surface area contributed by atoms with Gasteiger partial charge in [-0.1, -0.05) is 54.8 Å². The number of Topliss-reactive ketones (excluding diaryl/α,β-unsaturated/α-hetero) is 1. The van der Waals surface area contributed by atoms with E-state index in [1.54, 1.807) is 36.4 Å². The van der Waals surface area contributed by atoms with E-state index in [-0.39, 0.29) is 47.5 Å². The zero-order valence-electron chi connectivity index (χ0n) is 17.9. The van der Waals surface area contributed by atoms with Crippen molar-refractivity contribution in [2.75, 3.05) is 0 Å². The quantitative estimate of drug-likeness (QED) is 0.522. The van der Waals surface area contributed by atoms with Crippen molar-refractivity contribution in [2.24, 2.45) is 11.1 Å². The minimum absolute atomic E-state index is 0.00529. The lowest BCUT2D eigenvalue weighted by molar-refractivity contribution is -0.136. The summed E-state index contributed by atoms with van der Waals surface area (Å²) in [5.74, 6) is -1.68. The van der Waals surface area contributed by atoms with Gasteiger partial charge in [0, 0.05) is 23.9 Å². The fourth-order valence-corrected chi connectivity index (χ4v) is 4.81. The fourth-order valence-electron chi connectivity index (χ4n) is 4.61. The lowest BCUT2D eigenvalue weighted by Crippen LogP contribution is -2.41. The van der Waals surface area contributed by atoms with Crippen LogP contribution in [0.2, 0.25) is 5.02 Å². The summed E-state index contributed by atoms with van der Waals surface area (Å²) in [5.41, 5.74) is 5.61. The van der Waals surface area contributed by atoms with Crippen molar-refractivity contribution in [1.82, 2.24) is 15.1 Å². The number of carbonyl (C=O) groups excluding carboxylic acids is 3. The Balaban J connectivity index is 1.49. The van der Waals surface area contributed by atoms with Crippen LogP contribution < -0.4 is 11.1 Å². The highest BCUT2D eigenvalue weighted by molar-refractivity contribution is 6.30. The summed E-state index contributed by atoms with van der Waals surface area (Å²) >= 11 is 5.82. The van der Waals surface area contributed by atoms with Crippen molar-refractivity contribution in [2.45, 2.75) is 45.2 Å². The number of primary amides is 1. The van der Waals surface area contributed by atoms with Gasteiger partial charge < -0.3 is 11.1 Å². The van der Waals surface area contributed by atoms with Gasteiger partial charge in [-0.15, -0.1) is 0 Å². The molecule has 1 heterocycles. The average Bonchev–Trinajstić information content (AvgIpc) is 3.40. The molecule has 0 radical (unpaired) electrons. The first kappa shape index (κ1) is 22.9. The van der Waals surface area contributed by atoms with Gasteiger partial charge in [-0.3, -0.25) is 19.1 Å². The van der Waals surface area contributed by atoms with Gasteiger partial charge in [-0.05, 0) is 25.0 Å². The molecule has 9 heteroatoms. The number of rotatable bonds is 8. The Morgan fingerprint density at radius 3 is 2.58 bits per heavy atom. The average molecular weight is 471 g/mol. The number of aromatic nitrogens is 2. The van der Waals surface area contributed by atoms with Crippen LogP contribution in [0.3, 0.4) is 0 Å². The number of nitrogens with two attached hydrogens (primary N) is 1. The third-order valence-corrected chi connectivity index (χ3v) is 6.56. The van der Waals surface area contributed by atoms with Gasteiger partial charge >= 0.3 is 0 Å². The molecule has 1 aliphatic carbocycles. The first-order chi connectivity index (χ1) is 15.8. The van der Waals surface area contributed by atoms with E-state index in [0.29, 0.717) is 23.7 Å². The summed E-state index contributed by atoms with van der Waals surface area (Å²) in [6.07, 6.45) is 2.87. The lowest BCUT2D eigenvalue weighted by Gasteiger charge is -2.27. The van der Waals surface area contributed by atoms with Crippen LogP contribution in [0.5, 0.6) is 0 Å². The molecule has 33 heavy (non-hydrogen) atoms. The molecule has 0 bridgehead atoms. The number of nitrogens with one attached hydrogen (secondary N) is 1. The van der Waals surface area contributed by atoms with Gasteiger partial charge in [-0.25, -0.2) is 4.39 Å². The monoisotopic (exact) mass is 470 g/mol. The highest BCUT2D eigenvalue weighted by atomic mass is 35.5. The molecule has 1 aliphatic rings. The van der Waals surface area contributed by atoms with E-state index < -0.39 is 17.1 Å². The van der Waals surface area contributed by atoms with Crippen molar-refractivity contribution in [3.63, 3.8) is 0 Å². The number of carbonyl (C=O) groups is 3. The first-order valence-corrected chi connectivity index (χ1v) is 11.2. The largest absolute Gasteiger partial charge is 0.364 e. The summed E-state index contributed by atoms with van der Waals surface area (Å²) in [6, 6.07) is 11.7. The van der Waals surface area contributed by atoms with Crippen molar-refractivity contribution in [3.8, 4) is 0 Å². The van der Waals surface area contributed by atoms with E-state index in [2.05, 4.69) is 10.4 Å². The summed E-state index contributed by atoms with van der Waals surface area (Å²) < 4.78 is 15.6. The minimum Gasteiger partial charge on any atom is -0.364 e. The van der Waals surface area contributed by atoms with Crippen LogP contribution in [-0.4, -0.2) is 27.4 Å². The highest BCUT2D eigenvalue weighted by Gasteiger charge is 2.42. The molecule has 1 aromatic heterocycles. The number of amides is 2. The molecule has 4 rings (SSSR count). The smallest absolute Gasteiger partial charge is 0.269 e. The molecular formula is C24H24ClFN4O3. The Morgan fingerprint density at radius 2 is 1.85 bits per heavy atom. The third-order valence-electron chi connectivity index (χ3n) is 6.27. The number of halogens is 2. The van der Waals surface area contributed by atoms with Crippen LogP contribution in [0.25, 0.3) is 10.9 Å². The van der Waals surface area contributed by atoms with Crippen LogP contribution in [0, 0.1) is 11.2 Å². The molecule has 0 atom stereocenters. The highest BCUT2D eigenvalue weighted by Crippen LogP contribution is 2.42. The number of para-hydroxylation sites is 1. The number of fused-ring (bicyclic) bond motifs is 1. The standard InChI is InChI=1S/C24H24ClFN4O3/c25-18-8-5-6-15(20(18)26)13-28-23(33)24(10-3-4-11-24)12-16(31)14-30-19-9-2-1-7-17(19)21(29-30)22(27)32/h1-2,5-9H,3-4,10-14H2,(H2,27,32)(H,28,33). The van der Waals surface area contributed by atoms with E-state index in [1.165, 1.54) is 10.7 Å². The molecule has 0 unspecified atom stereocenters. The Kier molecular flexibility index (Phi) is 6.47. The Morgan fingerprint density at radius 1 is 1.12 bits per heavy atom. The van der Waals surface area contributed by atoms with Gasteiger partial charge in [0.2, 0.25) is 5.91 Å². The molecule has 7 nitrogen and oxygen atoms in total. The van der Waals surface area contributed by atoms with Crippen LogP contribution in [-0.2, 0) is 22.7 Å². The van der Waals surface area contributed by atoms with Crippen LogP contribution >= 0.6 is 11.6 Å². The molecule has 3 N–H and O–H groups in total. The summed E-state index contributed by atoms with van der Waals surface area (Å²) in [6.45, 7) is -0.0846. The maximum atomic E-state index is 14.2. The minimum atomic E-state index is -0.846. The fraction of sp³-hybridized carbons (Fsp3) is 0.333. The molecule has 1 fully saturated rings.